The third-order valence-electron chi connectivity index (χ3n) is 6.22. The van der Waals surface area contributed by atoms with E-state index < -0.39 is 0 Å². The van der Waals surface area contributed by atoms with Gasteiger partial charge in [0.1, 0.15) is 17.4 Å². The molecule has 2 heterocycles. The highest BCUT2D eigenvalue weighted by atomic mass is 16.5. The molecule has 1 aromatic rings. The molecule has 1 aromatic carbocycles. The Morgan fingerprint density at radius 3 is 2.64 bits per heavy atom. The Hall–Kier alpha value is -3.19. The lowest BCUT2D eigenvalue weighted by Gasteiger charge is -2.32. The molecule has 0 bridgehead atoms. The number of rotatable bonds is 7. The van der Waals surface area contributed by atoms with Crippen LogP contribution in [0.3, 0.4) is 0 Å². The number of carbonyl (C=O) groups excluding carboxylic acids is 1. The predicted molar refractivity (Wildman–Crippen MR) is 133 cm³/mol. The largest absolute Gasteiger partial charge is 0.496 e. The molecule has 1 amide bonds. The summed E-state index contributed by atoms with van der Waals surface area (Å²) in [6, 6.07) is 4.37. The van der Waals surface area contributed by atoms with Crippen LogP contribution in [0.2, 0.25) is 0 Å². The Labute approximate surface area is 196 Å². The topological polar surface area (TPSA) is 92.5 Å². The van der Waals surface area contributed by atoms with Crippen LogP contribution < -0.4 is 10.1 Å². The summed E-state index contributed by atoms with van der Waals surface area (Å²) in [6.45, 7) is 12.7. The summed E-state index contributed by atoms with van der Waals surface area (Å²) in [4.78, 5) is 17.1. The molecule has 2 aliphatic heterocycles. The van der Waals surface area contributed by atoms with Crippen LogP contribution in [0.1, 0.15) is 55.1 Å². The van der Waals surface area contributed by atoms with Gasteiger partial charge in [-0.1, -0.05) is 18.7 Å². The highest BCUT2D eigenvalue weighted by molar-refractivity contribution is 6.07. The number of hydrogen-bond donors (Lipinski definition) is 3. The second-order valence-corrected chi connectivity index (χ2v) is 8.87. The fourth-order valence-electron chi connectivity index (χ4n) is 4.17. The molecule has 0 radical (unpaired) electrons. The van der Waals surface area contributed by atoms with Crippen molar-refractivity contribution in [3.63, 3.8) is 0 Å². The van der Waals surface area contributed by atoms with Gasteiger partial charge in [0.25, 0.3) is 5.91 Å². The molecule has 0 saturated carbocycles. The average Bonchev–Trinajstić information content (AvgIpc) is 3.22. The van der Waals surface area contributed by atoms with Crippen molar-refractivity contribution < 1.29 is 9.53 Å². The Kier molecular flexibility index (Phi) is 7.87. The molecule has 176 valence electrons. The lowest BCUT2D eigenvalue weighted by molar-refractivity contribution is 0.0964. The second kappa shape index (κ2) is 10.6. The van der Waals surface area contributed by atoms with Gasteiger partial charge in [0.15, 0.2) is 0 Å². The summed E-state index contributed by atoms with van der Waals surface area (Å²) in [5.74, 6) is 1.14. The van der Waals surface area contributed by atoms with E-state index in [0.717, 1.165) is 43.5 Å². The SMILES string of the molecule is C=C(/C=C\C=C(/C)C(=N)N1CCCC1=N)NC(=O)c1cc2c(cc1OC)CCN(C(C)C)C2. The number of nitrogens with zero attached hydrogens (tertiary/aromatic N) is 2. The highest BCUT2D eigenvalue weighted by Crippen LogP contribution is 2.29. The van der Waals surface area contributed by atoms with Gasteiger partial charge in [0.05, 0.1) is 12.7 Å². The maximum absolute atomic E-state index is 13.0. The molecule has 2 aliphatic rings. The van der Waals surface area contributed by atoms with Crippen molar-refractivity contribution in [2.24, 2.45) is 0 Å². The van der Waals surface area contributed by atoms with E-state index in [1.54, 1.807) is 30.2 Å². The molecular formula is C26H35N5O2. The van der Waals surface area contributed by atoms with E-state index in [2.05, 4.69) is 30.6 Å². The zero-order valence-corrected chi connectivity index (χ0v) is 20.1. The molecule has 3 N–H and O–H groups in total. The van der Waals surface area contributed by atoms with E-state index in [0.29, 0.717) is 41.3 Å². The van der Waals surface area contributed by atoms with E-state index in [9.17, 15) is 4.79 Å². The van der Waals surface area contributed by atoms with Crippen LogP contribution in [0.4, 0.5) is 0 Å². The van der Waals surface area contributed by atoms with Crippen LogP contribution in [0.25, 0.3) is 0 Å². The third-order valence-corrected chi connectivity index (χ3v) is 6.22. The number of allylic oxidation sites excluding steroid dienone is 3. The Morgan fingerprint density at radius 1 is 1.24 bits per heavy atom. The molecule has 3 rings (SSSR count). The number of likely N-dealkylation sites (tertiary alicyclic amines) is 1. The molecule has 0 spiro atoms. The number of nitrogens with one attached hydrogen (secondary N) is 3. The molecule has 7 heteroatoms. The number of amides is 1. The number of ether oxygens (including phenoxy) is 1. The first-order chi connectivity index (χ1) is 15.7. The minimum Gasteiger partial charge on any atom is -0.496 e. The second-order valence-electron chi connectivity index (χ2n) is 8.87. The number of amidine groups is 2. The number of carbonyl (C=O) groups is 1. The molecule has 0 unspecified atom stereocenters. The van der Waals surface area contributed by atoms with Gasteiger partial charge in [-0.05, 0) is 68.5 Å². The average molecular weight is 450 g/mol. The quantitative estimate of drug-likeness (QED) is 0.329. The molecule has 0 aromatic heterocycles. The lowest BCUT2D eigenvalue weighted by atomic mass is 9.95. The number of hydrogen-bond acceptors (Lipinski definition) is 5. The van der Waals surface area contributed by atoms with E-state index in [1.165, 1.54) is 5.56 Å². The standard InChI is InChI=1S/C26H35N5O2/c1-17(2)30-13-11-20-15-23(33-5)22(14-21(20)16-30)26(32)29-19(4)9-6-8-18(3)25(28)31-12-7-10-24(31)27/h6,8-9,14-15,17,27-28H,4,7,10-13,16H2,1-3,5H3,(H,29,32)/b9-6-,18-8+,27-24?,28-25?. The van der Waals surface area contributed by atoms with Crippen molar-refractivity contribution in [2.45, 2.75) is 52.6 Å². The molecular weight excluding hydrogens is 414 g/mol. The van der Waals surface area contributed by atoms with Gasteiger partial charge in [0, 0.05) is 37.8 Å². The molecule has 1 fully saturated rings. The first-order valence-corrected chi connectivity index (χ1v) is 11.4. The summed E-state index contributed by atoms with van der Waals surface area (Å²) < 4.78 is 5.51. The number of fused-ring (bicyclic) bond motifs is 1. The van der Waals surface area contributed by atoms with Crippen LogP contribution >= 0.6 is 0 Å². The maximum Gasteiger partial charge on any atom is 0.259 e. The maximum atomic E-state index is 13.0. The predicted octanol–water partition coefficient (Wildman–Crippen LogP) is 4.26. The number of methoxy groups -OCH3 is 1. The van der Waals surface area contributed by atoms with Crippen molar-refractivity contribution in [2.75, 3.05) is 20.2 Å². The van der Waals surface area contributed by atoms with Crippen molar-refractivity contribution in [3.8, 4) is 5.75 Å². The summed E-state index contributed by atoms with van der Waals surface area (Å²) in [7, 11) is 1.58. The first kappa shape index (κ1) is 24.5. The summed E-state index contributed by atoms with van der Waals surface area (Å²) >= 11 is 0. The monoisotopic (exact) mass is 449 g/mol. The van der Waals surface area contributed by atoms with Gasteiger partial charge >= 0.3 is 0 Å². The van der Waals surface area contributed by atoms with Gasteiger partial charge < -0.3 is 15.0 Å². The molecule has 7 nitrogen and oxygen atoms in total. The molecule has 0 atom stereocenters. The highest BCUT2D eigenvalue weighted by Gasteiger charge is 2.23. The van der Waals surface area contributed by atoms with Crippen molar-refractivity contribution in [1.29, 1.82) is 10.8 Å². The van der Waals surface area contributed by atoms with E-state index in [1.807, 2.05) is 19.1 Å². The van der Waals surface area contributed by atoms with Gasteiger partial charge in [-0.3, -0.25) is 20.5 Å². The minimum atomic E-state index is -0.259. The summed E-state index contributed by atoms with van der Waals surface area (Å²) in [6.07, 6.45) is 7.83. The fraction of sp³-hybridized carbons (Fsp3) is 0.423. The number of benzene rings is 1. The zero-order chi connectivity index (χ0) is 24.1. The summed E-state index contributed by atoms with van der Waals surface area (Å²) in [5.41, 5.74) is 4.09. The van der Waals surface area contributed by atoms with Gasteiger partial charge in [-0.2, -0.15) is 0 Å². The molecule has 0 aliphatic carbocycles. The van der Waals surface area contributed by atoms with Crippen molar-refractivity contribution >= 4 is 17.6 Å². The molecule has 33 heavy (non-hydrogen) atoms. The lowest BCUT2D eigenvalue weighted by Crippen LogP contribution is -2.36. The van der Waals surface area contributed by atoms with E-state index >= 15 is 0 Å². The van der Waals surface area contributed by atoms with Gasteiger partial charge in [-0.25, -0.2) is 0 Å². The van der Waals surface area contributed by atoms with Gasteiger partial charge in [-0.15, -0.1) is 0 Å². The van der Waals surface area contributed by atoms with Crippen molar-refractivity contribution in [3.05, 3.63) is 64.9 Å². The Bertz CT molecular complexity index is 1020. The zero-order valence-electron chi connectivity index (χ0n) is 20.1. The van der Waals surface area contributed by atoms with Crippen LogP contribution in [0.5, 0.6) is 5.75 Å². The third kappa shape index (κ3) is 5.79. The normalized spacial score (nSPS) is 16.9. The smallest absolute Gasteiger partial charge is 0.259 e. The van der Waals surface area contributed by atoms with Gasteiger partial charge in [0.2, 0.25) is 0 Å². The van der Waals surface area contributed by atoms with Crippen LogP contribution in [0.15, 0.2) is 48.2 Å². The Morgan fingerprint density at radius 2 is 2.00 bits per heavy atom. The van der Waals surface area contributed by atoms with Crippen LogP contribution in [-0.4, -0.2) is 53.6 Å². The summed E-state index contributed by atoms with van der Waals surface area (Å²) in [5, 5.41) is 19.0. The first-order valence-electron chi connectivity index (χ1n) is 11.4. The van der Waals surface area contributed by atoms with Crippen molar-refractivity contribution in [1.82, 2.24) is 15.1 Å². The van der Waals surface area contributed by atoms with Crippen LogP contribution in [0, 0.1) is 10.8 Å². The van der Waals surface area contributed by atoms with E-state index in [4.69, 9.17) is 15.6 Å². The molecule has 1 saturated heterocycles. The van der Waals surface area contributed by atoms with Crippen LogP contribution in [-0.2, 0) is 13.0 Å². The minimum absolute atomic E-state index is 0.259. The van der Waals surface area contributed by atoms with E-state index in [-0.39, 0.29) is 5.91 Å². The Balaban J connectivity index is 1.66. The fourth-order valence-corrected chi connectivity index (χ4v) is 4.17.